The molecule has 2 N–H and O–H groups in total. The average molecular weight is 542 g/mol. The first-order chi connectivity index (χ1) is 18.4. The molecule has 7 heteroatoms. The van der Waals surface area contributed by atoms with E-state index in [9.17, 15) is 14.7 Å². The van der Waals surface area contributed by atoms with E-state index in [0.29, 0.717) is 43.5 Å². The van der Waals surface area contributed by atoms with Crippen LogP contribution in [0.5, 0.6) is 0 Å². The number of rotatable bonds is 15. The van der Waals surface area contributed by atoms with Crippen LogP contribution in [-0.2, 0) is 20.9 Å². The summed E-state index contributed by atoms with van der Waals surface area (Å²) in [4.78, 5) is 25.1. The van der Waals surface area contributed by atoms with Gasteiger partial charge in [0, 0.05) is 12.2 Å². The first-order valence-corrected chi connectivity index (χ1v) is 15.2. The molecule has 2 aromatic rings. The molecule has 3 rings (SSSR count). The van der Waals surface area contributed by atoms with E-state index in [2.05, 4.69) is 5.32 Å². The zero-order chi connectivity index (χ0) is 27.3. The molecule has 2 atom stereocenters. The molecule has 2 unspecified atom stereocenters. The number of carboxylic acids is 1. The highest BCUT2D eigenvalue weighted by molar-refractivity contribution is 7.98. The molecule has 0 heterocycles. The van der Waals surface area contributed by atoms with Crippen molar-refractivity contribution < 1.29 is 24.2 Å². The summed E-state index contributed by atoms with van der Waals surface area (Å²) in [6.45, 7) is 5.70. The van der Waals surface area contributed by atoms with Gasteiger partial charge in [0.1, 0.15) is 6.04 Å². The molecule has 0 radical (unpaired) electrons. The summed E-state index contributed by atoms with van der Waals surface area (Å²) in [7, 11) is 0. The van der Waals surface area contributed by atoms with E-state index in [0.717, 1.165) is 28.7 Å². The van der Waals surface area contributed by atoms with Gasteiger partial charge in [0.2, 0.25) is 0 Å². The van der Waals surface area contributed by atoms with Crippen molar-refractivity contribution in [1.82, 2.24) is 5.32 Å². The molecule has 0 saturated heterocycles. The number of benzene rings is 2. The molecule has 2 aromatic carbocycles. The van der Waals surface area contributed by atoms with Crippen LogP contribution in [0.25, 0.3) is 11.1 Å². The van der Waals surface area contributed by atoms with E-state index in [4.69, 9.17) is 9.47 Å². The molecule has 208 valence electrons. The summed E-state index contributed by atoms with van der Waals surface area (Å²) in [5, 5.41) is 12.4. The lowest BCUT2D eigenvalue weighted by molar-refractivity contribution is -0.139. The molecule has 1 aliphatic rings. The van der Waals surface area contributed by atoms with Gasteiger partial charge in [-0.1, -0.05) is 62.4 Å². The van der Waals surface area contributed by atoms with Crippen LogP contribution in [0.3, 0.4) is 0 Å². The Kier molecular flexibility index (Phi) is 12.6. The van der Waals surface area contributed by atoms with Gasteiger partial charge in [-0.25, -0.2) is 4.79 Å². The van der Waals surface area contributed by atoms with Crippen molar-refractivity contribution in [2.45, 2.75) is 77.5 Å². The van der Waals surface area contributed by atoms with E-state index in [1.165, 1.54) is 32.1 Å². The Bertz CT molecular complexity index is 1040. The normalized spacial score (nSPS) is 15.7. The van der Waals surface area contributed by atoms with Gasteiger partial charge in [-0.15, -0.1) is 0 Å². The molecule has 38 heavy (non-hydrogen) atoms. The van der Waals surface area contributed by atoms with Gasteiger partial charge < -0.3 is 19.9 Å². The van der Waals surface area contributed by atoms with Crippen molar-refractivity contribution in [3.05, 3.63) is 59.2 Å². The summed E-state index contributed by atoms with van der Waals surface area (Å²) in [6.07, 6.45) is 9.81. The molecule has 6 nitrogen and oxygen atoms in total. The highest BCUT2D eigenvalue weighted by Crippen LogP contribution is 2.30. The van der Waals surface area contributed by atoms with Crippen molar-refractivity contribution in [2.24, 2.45) is 5.92 Å². The molecule has 0 bridgehead atoms. The Morgan fingerprint density at radius 3 is 2.55 bits per heavy atom. The standard InChI is InChI=1S/C31H43NO5S/c1-4-36-21-25(18-23-11-6-5-7-12-23)37-20-24-14-15-27(28(19-24)26-13-9-8-10-22(26)2)30(33)32-29(31(34)35)16-17-38-3/h8-10,13-15,19,23,25,29H,4-7,11-12,16-18,20-21H2,1-3H3,(H,32,33)(H,34,35). The van der Waals surface area contributed by atoms with Crippen LogP contribution in [0.15, 0.2) is 42.5 Å². The van der Waals surface area contributed by atoms with Crippen LogP contribution in [0.4, 0.5) is 0 Å². The van der Waals surface area contributed by atoms with Gasteiger partial charge in [-0.05, 0) is 79.0 Å². The van der Waals surface area contributed by atoms with Crippen LogP contribution in [-0.4, -0.2) is 54.4 Å². The zero-order valence-corrected chi connectivity index (χ0v) is 23.9. The molecule has 1 aliphatic carbocycles. The number of hydrogen-bond donors (Lipinski definition) is 2. The number of ether oxygens (including phenoxy) is 2. The molecular weight excluding hydrogens is 498 g/mol. The van der Waals surface area contributed by atoms with Gasteiger partial charge in [0.05, 0.1) is 19.3 Å². The fourth-order valence-corrected chi connectivity index (χ4v) is 5.62. The second-order valence-corrected chi connectivity index (χ2v) is 11.2. The van der Waals surface area contributed by atoms with Crippen LogP contribution in [0.2, 0.25) is 0 Å². The lowest BCUT2D eigenvalue weighted by Crippen LogP contribution is -2.41. The molecule has 0 spiro atoms. The molecule has 0 aliphatic heterocycles. The third-order valence-electron chi connectivity index (χ3n) is 7.29. The van der Waals surface area contributed by atoms with E-state index in [-0.39, 0.29) is 12.0 Å². The minimum Gasteiger partial charge on any atom is -0.480 e. The maximum absolute atomic E-state index is 13.3. The molecular formula is C31H43NO5S. The maximum Gasteiger partial charge on any atom is 0.326 e. The number of carboxylic acid groups (broad SMARTS) is 1. The van der Waals surface area contributed by atoms with E-state index >= 15 is 0 Å². The number of thioether (sulfide) groups is 1. The Balaban J connectivity index is 1.82. The SMILES string of the molecule is CCOCC(CC1CCCCC1)OCc1ccc(C(=O)NC(CCSC)C(=O)O)c(-c2ccccc2C)c1. The smallest absolute Gasteiger partial charge is 0.326 e. The largest absolute Gasteiger partial charge is 0.480 e. The van der Waals surface area contributed by atoms with Gasteiger partial charge in [0.25, 0.3) is 5.91 Å². The predicted molar refractivity (Wildman–Crippen MR) is 155 cm³/mol. The zero-order valence-electron chi connectivity index (χ0n) is 23.0. The highest BCUT2D eigenvalue weighted by Gasteiger charge is 2.24. The van der Waals surface area contributed by atoms with Crippen LogP contribution >= 0.6 is 11.8 Å². The Hall–Kier alpha value is -2.35. The van der Waals surface area contributed by atoms with Crippen molar-refractivity contribution in [3.63, 3.8) is 0 Å². The lowest BCUT2D eigenvalue weighted by atomic mass is 9.85. The Labute approximate surface area is 231 Å². The van der Waals surface area contributed by atoms with E-state index in [1.807, 2.05) is 56.5 Å². The van der Waals surface area contributed by atoms with Crippen molar-refractivity contribution in [3.8, 4) is 11.1 Å². The van der Waals surface area contributed by atoms with Crippen molar-refractivity contribution in [2.75, 3.05) is 25.2 Å². The average Bonchev–Trinajstić information content (AvgIpc) is 2.93. The topological polar surface area (TPSA) is 84.9 Å². The number of carbonyl (C=O) groups excluding carboxylic acids is 1. The number of aryl methyl sites for hydroxylation is 1. The third kappa shape index (κ3) is 9.14. The minimum atomic E-state index is -1.02. The highest BCUT2D eigenvalue weighted by atomic mass is 32.2. The van der Waals surface area contributed by atoms with Crippen molar-refractivity contribution in [1.29, 1.82) is 0 Å². The molecule has 1 amide bonds. The molecule has 1 fully saturated rings. The number of carbonyl (C=O) groups is 2. The first kappa shape index (κ1) is 30.2. The Morgan fingerprint density at radius 1 is 1.11 bits per heavy atom. The molecule has 1 saturated carbocycles. The number of nitrogens with one attached hydrogen (secondary N) is 1. The van der Waals surface area contributed by atoms with E-state index < -0.39 is 12.0 Å². The van der Waals surface area contributed by atoms with Crippen LogP contribution < -0.4 is 5.32 Å². The Morgan fingerprint density at radius 2 is 1.87 bits per heavy atom. The second kappa shape index (κ2) is 15.9. The van der Waals surface area contributed by atoms with Gasteiger partial charge >= 0.3 is 5.97 Å². The first-order valence-electron chi connectivity index (χ1n) is 13.8. The fourth-order valence-electron chi connectivity index (χ4n) is 5.15. The quantitative estimate of drug-likeness (QED) is 0.268. The lowest BCUT2D eigenvalue weighted by Gasteiger charge is -2.26. The number of hydrogen-bond acceptors (Lipinski definition) is 5. The fraction of sp³-hybridized carbons (Fsp3) is 0.548. The summed E-state index contributed by atoms with van der Waals surface area (Å²) in [6, 6.07) is 12.7. The summed E-state index contributed by atoms with van der Waals surface area (Å²) < 4.78 is 12.1. The van der Waals surface area contributed by atoms with E-state index in [1.54, 1.807) is 17.8 Å². The van der Waals surface area contributed by atoms with Crippen LogP contribution in [0.1, 0.15) is 73.4 Å². The second-order valence-electron chi connectivity index (χ2n) is 10.2. The van der Waals surface area contributed by atoms with Crippen molar-refractivity contribution >= 4 is 23.6 Å². The number of aliphatic carboxylic acids is 1. The van der Waals surface area contributed by atoms with Gasteiger partial charge in [-0.3, -0.25) is 4.79 Å². The van der Waals surface area contributed by atoms with Gasteiger partial charge in [-0.2, -0.15) is 11.8 Å². The maximum atomic E-state index is 13.3. The van der Waals surface area contributed by atoms with Crippen LogP contribution in [0, 0.1) is 12.8 Å². The summed E-state index contributed by atoms with van der Waals surface area (Å²) in [5.41, 5.74) is 4.21. The summed E-state index contributed by atoms with van der Waals surface area (Å²) >= 11 is 1.56. The minimum absolute atomic E-state index is 0.0377. The predicted octanol–water partition coefficient (Wildman–Crippen LogP) is 6.49. The molecule has 0 aromatic heterocycles. The van der Waals surface area contributed by atoms with Gasteiger partial charge in [0.15, 0.2) is 0 Å². The number of amides is 1. The monoisotopic (exact) mass is 541 g/mol. The third-order valence-corrected chi connectivity index (χ3v) is 7.94. The summed E-state index contributed by atoms with van der Waals surface area (Å²) in [5.74, 6) is -0.0536.